The summed E-state index contributed by atoms with van der Waals surface area (Å²) in [5, 5.41) is 3.03. The number of amides is 2. The Morgan fingerprint density at radius 3 is 2.35 bits per heavy atom. The number of hydrogen-bond acceptors (Lipinski definition) is 3. The van der Waals surface area contributed by atoms with Crippen molar-refractivity contribution >= 4 is 23.2 Å². The average Bonchev–Trinajstić information content (AvgIpc) is 2.70. The van der Waals surface area contributed by atoms with Crippen molar-refractivity contribution in [3.05, 3.63) is 59.4 Å². The summed E-state index contributed by atoms with van der Waals surface area (Å²) in [6, 6.07) is 11.5. The first kappa shape index (κ1) is 22.8. The number of benzene rings is 2. The van der Waals surface area contributed by atoms with Gasteiger partial charge in [-0.05, 0) is 74.2 Å². The van der Waals surface area contributed by atoms with E-state index in [1.54, 1.807) is 0 Å². The van der Waals surface area contributed by atoms with Crippen molar-refractivity contribution in [2.24, 2.45) is 5.92 Å². The molecule has 2 aromatic carbocycles. The molecule has 1 aliphatic carbocycles. The minimum absolute atomic E-state index is 0.000731. The second-order valence-electron chi connectivity index (χ2n) is 8.55. The summed E-state index contributed by atoms with van der Waals surface area (Å²) in [5.74, 6) is -0.330. The molecule has 0 aromatic heterocycles. The Bertz CT molecular complexity index is 923. The third-order valence-corrected chi connectivity index (χ3v) is 6.12. The van der Waals surface area contributed by atoms with E-state index in [1.165, 1.54) is 24.3 Å². The van der Waals surface area contributed by atoms with Crippen LogP contribution in [0, 0.1) is 11.7 Å². The molecule has 166 valence electrons. The molecular formula is C25H32FN3O2. The van der Waals surface area contributed by atoms with E-state index in [1.807, 2.05) is 55.9 Å². The molecule has 1 saturated carbocycles. The number of nitrogens with zero attached hydrogens (tertiary/aromatic N) is 2. The summed E-state index contributed by atoms with van der Waals surface area (Å²) >= 11 is 0. The van der Waals surface area contributed by atoms with Crippen molar-refractivity contribution in [3.8, 4) is 0 Å². The summed E-state index contributed by atoms with van der Waals surface area (Å²) < 4.78 is 13.3. The quantitative estimate of drug-likeness (QED) is 0.642. The van der Waals surface area contributed by atoms with Gasteiger partial charge in [0.1, 0.15) is 5.82 Å². The fourth-order valence-corrected chi connectivity index (χ4v) is 3.73. The molecular weight excluding hydrogens is 393 g/mol. The van der Waals surface area contributed by atoms with E-state index < -0.39 is 0 Å². The molecule has 0 spiro atoms. The third kappa shape index (κ3) is 5.43. The smallest absolute Gasteiger partial charge is 0.254 e. The Hall–Kier alpha value is -2.89. The molecule has 0 saturated heterocycles. The number of carbonyl (C=O) groups is 2. The number of hydrogen-bond donors (Lipinski definition) is 1. The highest BCUT2D eigenvalue weighted by atomic mass is 19.1. The normalized spacial score (nSPS) is 14.5. The Balaban J connectivity index is 1.89. The Kier molecular flexibility index (Phi) is 7.31. The zero-order valence-electron chi connectivity index (χ0n) is 18.8. The van der Waals surface area contributed by atoms with Gasteiger partial charge < -0.3 is 15.1 Å². The van der Waals surface area contributed by atoms with Crippen LogP contribution < -0.4 is 10.2 Å². The molecule has 0 bridgehead atoms. The largest absolute Gasteiger partial charge is 0.377 e. The van der Waals surface area contributed by atoms with Crippen molar-refractivity contribution in [2.75, 3.05) is 24.3 Å². The van der Waals surface area contributed by atoms with Gasteiger partial charge in [-0.15, -0.1) is 0 Å². The molecule has 5 nitrogen and oxygen atoms in total. The lowest BCUT2D eigenvalue weighted by molar-refractivity contribution is -0.122. The number of halogens is 1. The van der Waals surface area contributed by atoms with Crippen LogP contribution in [0.1, 0.15) is 55.5 Å². The molecule has 0 aliphatic heterocycles. The third-order valence-electron chi connectivity index (χ3n) is 6.12. The molecule has 1 unspecified atom stereocenters. The van der Waals surface area contributed by atoms with Crippen LogP contribution >= 0.6 is 0 Å². The zero-order valence-corrected chi connectivity index (χ0v) is 18.8. The van der Waals surface area contributed by atoms with E-state index in [2.05, 4.69) is 5.32 Å². The van der Waals surface area contributed by atoms with Gasteiger partial charge in [0.15, 0.2) is 0 Å². The number of anilines is 2. The summed E-state index contributed by atoms with van der Waals surface area (Å²) in [7, 11) is 3.92. The first-order chi connectivity index (χ1) is 14.8. The van der Waals surface area contributed by atoms with Crippen LogP contribution in [0.3, 0.4) is 0 Å². The monoisotopic (exact) mass is 425 g/mol. The van der Waals surface area contributed by atoms with Crippen LogP contribution in [0.15, 0.2) is 42.5 Å². The van der Waals surface area contributed by atoms with Crippen LogP contribution in [-0.2, 0) is 11.3 Å². The van der Waals surface area contributed by atoms with Crippen LogP contribution in [-0.4, -0.2) is 36.9 Å². The van der Waals surface area contributed by atoms with E-state index in [9.17, 15) is 14.0 Å². The number of nitrogens with one attached hydrogen (secondary N) is 1. The molecule has 2 amide bonds. The van der Waals surface area contributed by atoms with Crippen LogP contribution in [0.2, 0.25) is 0 Å². The second-order valence-corrected chi connectivity index (χ2v) is 8.55. The molecule has 31 heavy (non-hydrogen) atoms. The van der Waals surface area contributed by atoms with E-state index in [0.717, 1.165) is 42.6 Å². The lowest BCUT2D eigenvalue weighted by Crippen LogP contribution is -2.38. The van der Waals surface area contributed by atoms with Crippen molar-refractivity contribution < 1.29 is 14.0 Å². The van der Waals surface area contributed by atoms with Gasteiger partial charge in [0, 0.05) is 49.5 Å². The summed E-state index contributed by atoms with van der Waals surface area (Å²) in [6.45, 7) is 4.45. The predicted octanol–water partition coefficient (Wildman–Crippen LogP) is 5.07. The SMILES string of the molecule is CCC(C)N(Cc1cc(NC(=O)C2CCC2)ccc1N(C)C)C(=O)c1ccc(F)cc1. The van der Waals surface area contributed by atoms with E-state index >= 15 is 0 Å². The fraction of sp³-hybridized carbons (Fsp3) is 0.440. The minimum atomic E-state index is -0.364. The summed E-state index contributed by atoms with van der Waals surface area (Å²) in [6.07, 6.45) is 3.80. The number of carbonyl (C=O) groups excluding carboxylic acids is 2. The van der Waals surface area contributed by atoms with Gasteiger partial charge in [-0.1, -0.05) is 13.3 Å². The molecule has 3 rings (SSSR count). The van der Waals surface area contributed by atoms with Crippen molar-refractivity contribution in [2.45, 2.75) is 52.1 Å². The maximum Gasteiger partial charge on any atom is 0.254 e. The lowest BCUT2D eigenvalue weighted by Gasteiger charge is -2.31. The fourth-order valence-electron chi connectivity index (χ4n) is 3.73. The van der Waals surface area contributed by atoms with E-state index in [-0.39, 0.29) is 29.6 Å². The maximum atomic E-state index is 13.3. The Morgan fingerprint density at radius 1 is 1.13 bits per heavy atom. The molecule has 1 N–H and O–H groups in total. The van der Waals surface area contributed by atoms with Crippen molar-refractivity contribution in [3.63, 3.8) is 0 Å². The molecule has 0 heterocycles. The predicted molar refractivity (Wildman–Crippen MR) is 123 cm³/mol. The van der Waals surface area contributed by atoms with E-state index in [4.69, 9.17) is 0 Å². The highest BCUT2D eigenvalue weighted by Gasteiger charge is 2.26. The topological polar surface area (TPSA) is 52.7 Å². The van der Waals surface area contributed by atoms with Gasteiger partial charge in [0.25, 0.3) is 5.91 Å². The standard InChI is InChI=1S/C25H32FN3O2/c1-5-17(2)29(25(31)19-9-11-21(26)12-10-19)16-20-15-22(13-14-23(20)28(3)4)27-24(30)18-7-6-8-18/h9-15,17-18H,5-8,16H2,1-4H3,(H,27,30). The average molecular weight is 426 g/mol. The summed E-state index contributed by atoms with van der Waals surface area (Å²) in [5.41, 5.74) is 3.15. The Labute approximate surface area is 184 Å². The van der Waals surface area contributed by atoms with Gasteiger partial charge >= 0.3 is 0 Å². The van der Waals surface area contributed by atoms with Gasteiger partial charge in [0.2, 0.25) is 5.91 Å². The molecule has 1 atom stereocenters. The molecule has 0 radical (unpaired) electrons. The van der Waals surface area contributed by atoms with Crippen LogP contribution in [0.5, 0.6) is 0 Å². The summed E-state index contributed by atoms with van der Waals surface area (Å²) in [4.78, 5) is 29.5. The lowest BCUT2D eigenvalue weighted by atomic mass is 9.85. The molecule has 1 aliphatic rings. The first-order valence-electron chi connectivity index (χ1n) is 11.0. The van der Waals surface area contributed by atoms with Gasteiger partial charge in [0.05, 0.1) is 0 Å². The first-order valence-corrected chi connectivity index (χ1v) is 11.0. The highest BCUT2D eigenvalue weighted by Crippen LogP contribution is 2.30. The van der Waals surface area contributed by atoms with Crippen LogP contribution in [0.25, 0.3) is 0 Å². The molecule has 2 aromatic rings. The van der Waals surface area contributed by atoms with E-state index in [0.29, 0.717) is 12.1 Å². The Morgan fingerprint density at radius 2 is 1.81 bits per heavy atom. The minimum Gasteiger partial charge on any atom is -0.377 e. The molecule has 6 heteroatoms. The van der Waals surface area contributed by atoms with Gasteiger partial charge in [-0.2, -0.15) is 0 Å². The van der Waals surface area contributed by atoms with Crippen LogP contribution in [0.4, 0.5) is 15.8 Å². The van der Waals surface area contributed by atoms with Crippen molar-refractivity contribution in [1.82, 2.24) is 4.90 Å². The maximum absolute atomic E-state index is 13.3. The van der Waals surface area contributed by atoms with Gasteiger partial charge in [-0.3, -0.25) is 9.59 Å². The zero-order chi connectivity index (χ0) is 22.5. The second kappa shape index (κ2) is 9.94. The van der Waals surface area contributed by atoms with Gasteiger partial charge in [-0.25, -0.2) is 4.39 Å². The number of rotatable bonds is 8. The van der Waals surface area contributed by atoms with Crippen molar-refractivity contribution in [1.29, 1.82) is 0 Å². The molecule has 1 fully saturated rings. The highest BCUT2D eigenvalue weighted by molar-refractivity contribution is 5.95.